The Kier molecular flexibility index (Phi) is 4.71. The Hall–Kier alpha value is -1.62. The molecule has 0 saturated carbocycles. The molecule has 2 rings (SSSR count). The van der Waals surface area contributed by atoms with Gasteiger partial charge in [0, 0.05) is 21.6 Å². The van der Waals surface area contributed by atoms with Crippen LogP contribution in [0.2, 0.25) is 0 Å². The molecule has 0 unspecified atom stereocenters. The summed E-state index contributed by atoms with van der Waals surface area (Å²) >= 11 is 3.49. The largest absolute Gasteiger partial charge is 0.443 e. The smallest absolute Gasteiger partial charge is 0.416 e. The van der Waals surface area contributed by atoms with E-state index in [0.29, 0.717) is 5.82 Å². The number of nitrogens with zero attached hydrogens (tertiary/aromatic N) is 2. The molecular weight excluding hydrogens is 356 g/mol. The first-order chi connectivity index (χ1) is 10.5. The van der Waals surface area contributed by atoms with E-state index >= 15 is 0 Å². The van der Waals surface area contributed by atoms with E-state index in [1.165, 1.54) is 0 Å². The molecule has 0 atom stereocenters. The van der Waals surface area contributed by atoms with Gasteiger partial charge in [0.1, 0.15) is 11.4 Å². The monoisotopic (exact) mass is 378 g/mol. The molecule has 1 aromatic carbocycles. The van der Waals surface area contributed by atoms with Gasteiger partial charge in [0.15, 0.2) is 0 Å². The van der Waals surface area contributed by atoms with Gasteiger partial charge in [-0.1, -0.05) is 22.0 Å². The van der Waals surface area contributed by atoms with E-state index in [-0.39, 0.29) is 0 Å². The third kappa shape index (κ3) is 4.22. The summed E-state index contributed by atoms with van der Waals surface area (Å²) < 4.78 is 6.54. The molecule has 2 aromatic rings. The van der Waals surface area contributed by atoms with Crippen molar-refractivity contribution in [2.75, 3.05) is 4.90 Å². The number of anilines is 1. The third-order valence-electron chi connectivity index (χ3n) is 3.17. The van der Waals surface area contributed by atoms with Gasteiger partial charge in [0.25, 0.3) is 0 Å². The quantitative estimate of drug-likeness (QED) is 0.654. The summed E-state index contributed by atoms with van der Waals surface area (Å²) in [6.07, 6.45) is 1.32. The number of hydrogen-bond acceptors (Lipinski definition) is 3. The van der Waals surface area contributed by atoms with Crippen LogP contribution in [-0.2, 0) is 4.74 Å². The number of rotatable bonds is 1. The van der Waals surface area contributed by atoms with Crippen molar-refractivity contribution in [2.24, 2.45) is 0 Å². The van der Waals surface area contributed by atoms with E-state index in [0.717, 1.165) is 15.2 Å². The zero-order chi connectivity index (χ0) is 17.4. The Morgan fingerprint density at radius 2 is 1.78 bits per heavy atom. The van der Waals surface area contributed by atoms with Crippen LogP contribution in [0.15, 0.2) is 34.9 Å². The lowest BCUT2D eigenvalue weighted by molar-refractivity contribution is 0.0549. The number of fused-ring (bicyclic) bond motifs is 1. The highest BCUT2D eigenvalue weighted by atomic mass is 79.9. The normalized spacial score (nSPS) is 12.3. The van der Waals surface area contributed by atoms with E-state index < -0.39 is 17.2 Å². The highest BCUT2D eigenvalue weighted by molar-refractivity contribution is 9.10. The van der Waals surface area contributed by atoms with Crippen LogP contribution in [0.1, 0.15) is 41.5 Å². The highest BCUT2D eigenvalue weighted by Gasteiger charge is 2.34. The fourth-order valence-electron chi connectivity index (χ4n) is 2.29. The number of amides is 1. The topological polar surface area (TPSA) is 42.4 Å². The van der Waals surface area contributed by atoms with Crippen molar-refractivity contribution < 1.29 is 9.53 Å². The molecule has 0 N–H and O–H groups in total. The number of pyridine rings is 1. The molecule has 0 bridgehead atoms. The number of hydrogen-bond donors (Lipinski definition) is 0. The lowest BCUT2D eigenvalue weighted by atomic mass is 10.0. The summed E-state index contributed by atoms with van der Waals surface area (Å²) in [6.45, 7) is 11.5. The van der Waals surface area contributed by atoms with Crippen LogP contribution in [0.5, 0.6) is 0 Å². The van der Waals surface area contributed by atoms with Crippen LogP contribution in [-0.4, -0.2) is 22.2 Å². The maximum Gasteiger partial charge on any atom is 0.416 e. The molecule has 0 aliphatic heterocycles. The van der Waals surface area contributed by atoms with Gasteiger partial charge in [-0.3, -0.25) is 4.90 Å². The van der Waals surface area contributed by atoms with Crippen molar-refractivity contribution in [3.8, 4) is 0 Å². The van der Waals surface area contributed by atoms with Crippen LogP contribution < -0.4 is 4.90 Å². The van der Waals surface area contributed by atoms with Crippen molar-refractivity contribution >= 4 is 38.6 Å². The first-order valence-electron chi connectivity index (χ1n) is 7.56. The molecule has 124 valence electrons. The molecule has 4 nitrogen and oxygen atoms in total. The molecule has 0 aliphatic carbocycles. The predicted octanol–water partition coefficient (Wildman–Crippen LogP) is 5.54. The number of ether oxygens (including phenoxy) is 1. The number of carbonyl (C=O) groups is 1. The van der Waals surface area contributed by atoms with Gasteiger partial charge in [0.05, 0.1) is 0 Å². The molecule has 0 radical (unpaired) electrons. The first kappa shape index (κ1) is 17.7. The van der Waals surface area contributed by atoms with E-state index in [4.69, 9.17) is 4.74 Å². The Bertz CT molecular complexity index is 730. The van der Waals surface area contributed by atoms with Crippen LogP contribution in [0.4, 0.5) is 10.6 Å². The summed E-state index contributed by atoms with van der Waals surface area (Å²) in [5.41, 5.74) is -1.03. The lowest BCUT2D eigenvalue weighted by Gasteiger charge is -2.36. The minimum atomic E-state index is -0.564. The van der Waals surface area contributed by atoms with Crippen molar-refractivity contribution in [1.29, 1.82) is 0 Å². The summed E-state index contributed by atoms with van der Waals surface area (Å²) in [5, 5.41) is 1.93. The molecule has 5 heteroatoms. The predicted molar refractivity (Wildman–Crippen MR) is 97.9 cm³/mol. The van der Waals surface area contributed by atoms with Gasteiger partial charge in [-0.15, -0.1) is 0 Å². The maximum atomic E-state index is 12.8. The molecule has 0 spiro atoms. The van der Waals surface area contributed by atoms with Crippen molar-refractivity contribution in [1.82, 2.24) is 4.98 Å². The zero-order valence-electron chi connectivity index (χ0n) is 14.5. The molecule has 0 saturated heterocycles. The van der Waals surface area contributed by atoms with Gasteiger partial charge in [-0.25, -0.2) is 9.78 Å². The molecule has 1 amide bonds. The molecule has 23 heavy (non-hydrogen) atoms. The second kappa shape index (κ2) is 6.11. The number of carbonyl (C=O) groups excluding carboxylic acids is 1. The molecular formula is C18H23BrN2O2. The molecule has 0 fully saturated rings. The average molecular weight is 379 g/mol. The Balaban J connectivity index is 2.61. The second-order valence-corrected chi connectivity index (χ2v) is 8.40. The van der Waals surface area contributed by atoms with Crippen molar-refractivity contribution in [2.45, 2.75) is 52.7 Å². The Labute approximate surface area is 146 Å². The van der Waals surface area contributed by atoms with E-state index in [2.05, 4.69) is 20.9 Å². The van der Waals surface area contributed by atoms with Crippen molar-refractivity contribution in [3.63, 3.8) is 0 Å². The molecule has 1 aromatic heterocycles. The van der Waals surface area contributed by atoms with Gasteiger partial charge < -0.3 is 4.74 Å². The fourth-order valence-corrected chi connectivity index (χ4v) is 2.65. The Morgan fingerprint density at radius 1 is 1.13 bits per heavy atom. The number of halogens is 1. The standard InChI is InChI=1S/C18H23BrN2O2/c1-17(2,3)21(16(22)23-18(4,5)6)15-14-11-13(19)8-7-12(14)9-10-20-15/h7-11H,1-6H3. The van der Waals surface area contributed by atoms with Crippen LogP contribution in [0.3, 0.4) is 0 Å². The number of aromatic nitrogens is 1. The summed E-state index contributed by atoms with van der Waals surface area (Å²) in [4.78, 5) is 18.9. The second-order valence-electron chi connectivity index (χ2n) is 7.49. The maximum absolute atomic E-state index is 12.8. The first-order valence-corrected chi connectivity index (χ1v) is 8.36. The number of benzene rings is 1. The summed E-state index contributed by atoms with van der Waals surface area (Å²) in [6, 6.07) is 7.88. The third-order valence-corrected chi connectivity index (χ3v) is 3.66. The molecule has 0 aliphatic rings. The van der Waals surface area contributed by atoms with Crippen LogP contribution >= 0.6 is 15.9 Å². The van der Waals surface area contributed by atoms with E-state index in [1.54, 1.807) is 11.1 Å². The van der Waals surface area contributed by atoms with Crippen LogP contribution in [0, 0.1) is 0 Å². The fraction of sp³-hybridized carbons (Fsp3) is 0.444. The molecule has 1 heterocycles. The summed E-state index contributed by atoms with van der Waals surface area (Å²) in [5.74, 6) is 0.602. The van der Waals surface area contributed by atoms with Gasteiger partial charge in [0.2, 0.25) is 0 Å². The van der Waals surface area contributed by atoms with Gasteiger partial charge in [-0.2, -0.15) is 0 Å². The van der Waals surface area contributed by atoms with E-state index in [1.807, 2.05) is 65.8 Å². The van der Waals surface area contributed by atoms with E-state index in [9.17, 15) is 4.79 Å². The van der Waals surface area contributed by atoms with Gasteiger partial charge in [-0.05, 0) is 65.1 Å². The highest BCUT2D eigenvalue weighted by Crippen LogP contribution is 2.32. The average Bonchev–Trinajstić information content (AvgIpc) is 2.35. The zero-order valence-corrected chi connectivity index (χ0v) is 16.1. The lowest BCUT2D eigenvalue weighted by Crippen LogP contribution is -2.48. The van der Waals surface area contributed by atoms with Crippen LogP contribution in [0.25, 0.3) is 10.8 Å². The minimum absolute atomic E-state index is 0.398. The SMILES string of the molecule is CC(C)(C)OC(=O)N(c1nccc2ccc(Br)cc12)C(C)(C)C. The minimum Gasteiger partial charge on any atom is -0.443 e. The van der Waals surface area contributed by atoms with Crippen molar-refractivity contribution in [3.05, 3.63) is 34.9 Å². The van der Waals surface area contributed by atoms with Gasteiger partial charge >= 0.3 is 6.09 Å². The summed E-state index contributed by atoms with van der Waals surface area (Å²) in [7, 11) is 0. The Morgan fingerprint density at radius 3 is 2.35 bits per heavy atom.